The summed E-state index contributed by atoms with van der Waals surface area (Å²) in [6.07, 6.45) is 5.10. The quantitative estimate of drug-likeness (QED) is 0.453. The van der Waals surface area contributed by atoms with E-state index in [4.69, 9.17) is 9.15 Å². The minimum absolute atomic E-state index is 0.268. The van der Waals surface area contributed by atoms with Crippen LogP contribution in [0.4, 0.5) is 0 Å². The fourth-order valence-corrected chi connectivity index (χ4v) is 2.62. The van der Waals surface area contributed by atoms with E-state index in [0.29, 0.717) is 0 Å². The van der Waals surface area contributed by atoms with Crippen molar-refractivity contribution in [3.05, 3.63) is 52.4 Å². The molecule has 5 heteroatoms. The van der Waals surface area contributed by atoms with E-state index in [0.717, 1.165) is 54.7 Å². The van der Waals surface area contributed by atoms with E-state index in [2.05, 4.69) is 20.7 Å². The van der Waals surface area contributed by atoms with Crippen LogP contribution in [0.1, 0.15) is 42.0 Å². The van der Waals surface area contributed by atoms with E-state index in [9.17, 15) is 4.79 Å². The van der Waals surface area contributed by atoms with Crippen LogP contribution in [0.15, 0.2) is 45.3 Å². The molecule has 1 heterocycles. The number of para-hydroxylation sites is 1. The van der Waals surface area contributed by atoms with Gasteiger partial charge in [-0.2, -0.15) is 0 Å². The summed E-state index contributed by atoms with van der Waals surface area (Å²) in [5, 5.41) is 0. The van der Waals surface area contributed by atoms with Crippen LogP contribution in [0.5, 0.6) is 5.75 Å². The lowest BCUT2D eigenvalue weighted by Gasteiger charge is -2.07. The summed E-state index contributed by atoms with van der Waals surface area (Å²) in [7, 11) is 1.35. The predicted octanol–water partition coefficient (Wildman–Crippen LogP) is 5.01. The second kappa shape index (κ2) is 9.40. The zero-order valence-corrected chi connectivity index (χ0v) is 14.8. The van der Waals surface area contributed by atoms with Gasteiger partial charge < -0.3 is 13.9 Å². The first kappa shape index (κ1) is 17.6. The average Bonchev–Trinajstić information content (AvgIpc) is 3.03. The normalized spacial score (nSPS) is 10.5. The molecule has 1 aromatic carbocycles. The van der Waals surface area contributed by atoms with Gasteiger partial charge in [-0.25, -0.2) is 4.79 Å². The third-order valence-corrected chi connectivity index (χ3v) is 4.12. The van der Waals surface area contributed by atoms with Crippen molar-refractivity contribution in [2.24, 2.45) is 0 Å². The second-order valence-electron chi connectivity index (χ2n) is 5.20. The highest BCUT2D eigenvalue weighted by molar-refractivity contribution is 9.10. The predicted molar refractivity (Wildman–Crippen MR) is 91.9 cm³/mol. The van der Waals surface area contributed by atoms with Gasteiger partial charge in [-0.05, 0) is 53.0 Å². The Morgan fingerprint density at radius 3 is 2.65 bits per heavy atom. The second-order valence-corrected chi connectivity index (χ2v) is 6.05. The number of rotatable bonds is 9. The number of halogens is 1. The number of carbonyl (C=O) groups excluding carboxylic acids is 1. The maximum atomic E-state index is 11.3. The molecule has 4 nitrogen and oxygen atoms in total. The van der Waals surface area contributed by atoms with Gasteiger partial charge in [0, 0.05) is 6.42 Å². The molecule has 0 aliphatic rings. The van der Waals surface area contributed by atoms with Gasteiger partial charge in [0.1, 0.15) is 11.5 Å². The minimum atomic E-state index is -0.430. The van der Waals surface area contributed by atoms with Crippen molar-refractivity contribution in [1.82, 2.24) is 0 Å². The fraction of sp³-hybridized carbons (Fsp3) is 0.389. The number of hydrogen-bond donors (Lipinski definition) is 0. The van der Waals surface area contributed by atoms with E-state index < -0.39 is 5.97 Å². The van der Waals surface area contributed by atoms with E-state index in [1.807, 2.05) is 30.3 Å². The third kappa shape index (κ3) is 5.75. The number of ether oxygens (including phenoxy) is 2. The molecule has 0 unspecified atom stereocenters. The lowest BCUT2D eigenvalue weighted by molar-refractivity contribution is 0.0563. The van der Waals surface area contributed by atoms with E-state index in [1.54, 1.807) is 6.07 Å². The number of furan rings is 1. The van der Waals surface area contributed by atoms with Crippen LogP contribution in [0.25, 0.3) is 0 Å². The Morgan fingerprint density at radius 1 is 1.09 bits per heavy atom. The molecule has 0 spiro atoms. The molecule has 0 bridgehead atoms. The van der Waals surface area contributed by atoms with Gasteiger partial charge in [-0.3, -0.25) is 0 Å². The van der Waals surface area contributed by atoms with Crippen LogP contribution in [0, 0.1) is 0 Å². The van der Waals surface area contributed by atoms with Crippen molar-refractivity contribution in [3.8, 4) is 5.75 Å². The molecule has 2 rings (SSSR count). The lowest BCUT2D eigenvalue weighted by atomic mass is 10.1. The smallest absolute Gasteiger partial charge is 0.373 e. The lowest BCUT2D eigenvalue weighted by Crippen LogP contribution is -1.98. The summed E-state index contributed by atoms with van der Waals surface area (Å²) in [5.74, 6) is 1.55. The third-order valence-electron chi connectivity index (χ3n) is 3.46. The van der Waals surface area contributed by atoms with Gasteiger partial charge in [-0.15, -0.1) is 0 Å². The summed E-state index contributed by atoms with van der Waals surface area (Å²) < 4.78 is 16.8. The maximum Gasteiger partial charge on any atom is 0.373 e. The molecule has 0 radical (unpaired) electrons. The highest BCUT2D eigenvalue weighted by atomic mass is 79.9. The van der Waals surface area contributed by atoms with Crippen LogP contribution >= 0.6 is 15.9 Å². The van der Waals surface area contributed by atoms with Crippen molar-refractivity contribution in [2.45, 2.75) is 32.1 Å². The molecule has 23 heavy (non-hydrogen) atoms. The molecule has 0 atom stereocenters. The van der Waals surface area contributed by atoms with Crippen molar-refractivity contribution in [2.75, 3.05) is 13.7 Å². The highest BCUT2D eigenvalue weighted by Crippen LogP contribution is 2.24. The number of benzene rings is 1. The first-order valence-electron chi connectivity index (χ1n) is 7.75. The molecule has 2 aromatic rings. The standard InChI is InChI=1S/C18H21BrO4/c1-21-18(20)17-12-11-14(23-17)8-4-2-3-7-13-22-16-10-6-5-9-15(16)19/h5-6,9-12H,2-4,7-8,13H2,1H3. The number of methoxy groups -OCH3 is 1. The number of esters is 1. The molecule has 0 N–H and O–H groups in total. The van der Waals surface area contributed by atoms with Gasteiger partial charge in [-0.1, -0.05) is 25.0 Å². The Hall–Kier alpha value is -1.75. The molecule has 0 aliphatic carbocycles. The first-order valence-corrected chi connectivity index (χ1v) is 8.54. The number of unbranched alkanes of at least 4 members (excludes halogenated alkanes) is 3. The molecule has 0 fully saturated rings. The largest absolute Gasteiger partial charge is 0.492 e. The summed E-state index contributed by atoms with van der Waals surface area (Å²) >= 11 is 3.47. The molecular formula is C18H21BrO4. The van der Waals surface area contributed by atoms with Crippen LogP contribution in [-0.2, 0) is 11.2 Å². The molecule has 1 aromatic heterocycles. The Bertz CT molecular complexity index is 621. The summed E-state index contributed by atoms with van der Waals surface area (Å²) in [6, 6.07) is 11.4. The van der Waals surface area contributed by atoms with Crippen LogP contribution in [-0.4, -0.2) is 19.7 Å². The fourth-order valence-electron chi connectivity index (χ4n) is 2.22. The number of aryl methyl sites for hydroxylation is 1. The highest BCUT2D eigenvalue weighted by Gasteiger charge is 2.10. The molecule has 0 saturated carbocycles. The molecule has 0 aliphatic heterocycles. The minimum Gasteiger partial charge on any atom is -0.492 e. The van der Waals surface area contributed by atoms with Crippen molar-refractivity contribution in [3.63, 3.8) is 0 Å². The van der Waals surface area contributed by atoms with Gasteiger partial charge in [0.25, 0.3) is 0 Å². The zero-order valence-electron chi connectivity index (χ0n) is 13.2. The summed E-state index contributed by atoms with van der Waals surface area (Å²) in [4.78, 5) is 11.3. The maximum absolute atomic E-state index is 11.3. The molecule has 0 saturated heterocycles. The number of hydrogen-bond acceptors (Lipinski definition) is 4. The molecule has 0 amide bonds. The van der Waals surface area contributed by atoms with Crippen LogP contribution < -0.4 is 4.74 Å². The molecular weight excluding hydrogens is 360 g/mol. The number of carbonyl (C=O) groups is 1. The van der Waals surface area contributed by atoms with Crippen molar-refractivity contribution in [1.29, 1.82) is 0 Å². The Balaban J connectivity index is 1.57. The van der Waals surface area contributed by atoms with Gasteiger partial charge in [0.2, 0.25) is 5.76 Å². The Morgan fingerprint density at radius 2 is 1.87 bits per heavy atom. The summed E-state index contributed by atoms with van der Waals surface area (Å²) in [6.45, 7) is 0.718. The SMILES string of the molecule is COC(=O)c1ccc(CCCCCCOc2ccccc2Br)o1. The Kier molecular flexibility index (Phi) is 7.20. The first-order chi connectivity index (χ1) is 11.2. The van der Waals surface area contributed by atoms with E-state index in [1.165, 1.54) is 7.11 Å². The van der Waals surface area contributed by atoms with Crippen LogP contribution in [0.3, 0.4) is 0 Å². The molecule has 124 valence electrons. The van der Waals surface area contributed by atoms with E-state index >= 15 is 0 Å². The Labute approximate surface area is 144 Å². The average molecular weight is 381 g/mol. The topological polar surface area (TPSA) is 48.7 Å². The van der Waals surface area contributed by atoms with Gasteiger partial charge >= 0.3 is 5.97 Å². The van der Waals surface area contributed by atoms with Gasteiger partial charge in [0.15, 0.2) is 0 Å². The van der Waals surface area contributed by atoms with Crippen molar-refractivity contribution >= 4 is 21.9 Å². The summed E-state index contributed by atoms with van der Waals surface area (Å²) in [5.41, 5.74) is 0. The monoisotopic (exact) mass is 380 g/mol. The zero-order chi connectivity index (χ0) is 16.5. The van der Waals surface area contributed by atoms with Gasteiger partial charge in [0.05, 0.1) is 18.2 Å². The van der Waals surface area contributed by atoms with E-state index in [-0.39, 0.29) is 5.76 Å². The van der Waals surface area contributed by atoms with Crippen molar-refractivity contribution < 1.29 is 18.7 Å². The van der Waals surface area contributed by atoms with Crippen LogP contribution in [0.2, 0.25) is 0 Å².